The monoisotopic (exact) mass is 321 g/mol. The molecule has 0 saturated heterocycles. The Balaban J connectivity index is 0. The Morgan fingerprint density at radius 2 is 1.56 bits per heavy atom. The van der Waals surface area contributed by atoms with E-state index in [1.54, 1.807) is 0 Å². The Hall–Kier alpha value is 1.92. The van der Waals surface area contributed by atoms with Crippen LogP contribution in [-0.2, 0) is 16.3 Å². The van der Waals surface area contributed by atoms with Crippen molar-refractivity contribution in [3.8, 4) is 0 Å². The summed E-state index contributed by atoms with van der Waals surface area (Å²) in [4.78, 5) is 9.89. The Morgan fingerprint density at radius 1 is 1.00 bits per heavy atom. The van der Waals surface area contributed by atoms with Crippen LogP contribution >= 0.6 is 17.1 Å². The van der Waals surface area contributed by atoms with Crippen LogP contribution in [0.25, 0.3) is 0 Å². The van der Waals surface area contributed by atoms with Gasteiger partial charge in [0.1, 0.15) is 0 Å². The first kappa shape index (κ1) is 22.2. The van der Waals surface area contributed by atoms with Crippen LogP contribution in [0, 0.1) is 0 Å². The molecular weight excluding hydrogens is 294 g/mol. The zero-order chi connectivity index (χ0) is 13.0. The zero-order valence-corrected chi connectivity index (χ0v) is 16.7. The Kier molecular flexibility index (Phi) is 18.9. The van der Waals surface area contributed by atoms with Crippen molar-refractivity contribution in [2.75, 3.05) is 12.4 Å². The molecule has 0 heterocycles. The van der Waals surface area contributed by atoms with Crippen LogP contribution in [-0.4, -0.2) is 46.8 Å². The molecule has 18 heavy (non-hydrogen) atoms. The van der Waals surface area contributed by atoms with Crippen LogP contribution in [0.2, 0.25) is 0 Å². The van der Waals surface area contributed by atoms with Crippen molar-refractivity contribution in [2.24, 2.45) is 0 Å². The van der Waals surface area contributed by atoms with E-state index >= 15 is 0 Å². The van der Waals surface area contributed by atoms with Crippen LogP contribution in [0.3, 0.4) is 0 Å². The van der Waals surface area contributed by atoms with Crippen molar-refractivity contribution in [2.45, 2.75) is 65.2 Å². The largest absolute Gasteiger partial charge is 0.337 e. The molecule has 0 amide bonds. The summed E-state index contributed by atoms with van der Waals surface area (Å²) in [5, 5.41) is 0. The van der Waals surface area contributed by atoms with E-state index in [1.807, 2.05) is 0 Å². The maximum absolute atomic E-state index is 9.89. The summed E-state index contributed by atoms with van der Waals surface area (Å²) in [6.45, 7) is 5.00. The second-order valence-electron chi connectivity index (χ2n) is 4.26. The minimum absolute atomic E-state index is 0. The third-order valence-electron chi connectivity index (χ3n) is 2.50. The first-order valence-corrected chi connectivity index (χ1v) is 11.0. The molecule has 1 radical (unpaired) electrons. The molecular formula is C12H27NaO2PS2. The summed E-state index contributed by atoms with van der Waals surface area (Å²) in [6, 6.07) is 0. The fourth-order valence-electron chi connectivity index (χ4n) is 1.45. The van der Waals surface area contributed by atoms with Crippen LogP contribution in [0.1, 0.15) is 65.2 Å². The fraction of sp³-hybridized carbons (Fsp3) is 1.00. The molecule has 0 aromatic carbocycles. The van der Waals surface area contributed by atoms with E-state index in [9.17, 15) is 4.89 Å². The van der Waals surface area contributed by atoms with Gasteiger partial charge < -0.3 is 9.42 Å². The van der Waals surface area contributed by atoms with Crippen molar-refractivity contribution in [3.05, 3.63) is 0 Å². The third-order valence-corrected chi connectivity index (χ3v) is 6.92. The molecule has 0 spiro atoms. The van der Waals surface area contributed by atoms with Crippen LogP contribution in [0.5, 0.6) is 0 Å². The van der Waals surface area contributed by atoms with Gasteiger partial charge in [-0.2, -0.15) is 0 Å². The molecule has 0 aromatic heterocycles. The summed E-state index contributed by atoms with van der Waals surface area (Å²) in [5.74, 6) is 0.933. The number of rotatable bonds is 12. The summed E-state index contributed by atoms with van der Waals surface area (Å²) >= 11 is 6.56. The predicted molar refractivity (Wildman–Crippen MR) is 89.0 cm³/mol. The summed E-state index contributed by atoms with van der Waals surface area (Å²) < 4.78 is 5.43. The summed E-state index contributed by atoms with van der Waals surface area (Å²) in [5.41, 5.74) is -2.54. The predicted octanol–water partition coefficient (Wildman–Crippen LogP) is 4.73. The molecule has 0 aliphatic carbocycles. The molecule has 0 rings (SSSR count). The van der Waals surface area contributed by atoms with Crippen molar-refractivity contribution in [1.29, 1.82) is 0 Å². The van der Waals surface area contributed by atoms with E-state index in [4.69, 9.17) is 16.3 Å². The SMILES string of the molecule is CCCCCCOP(O)(=S)SCCCCCC.[Na]. The van der Waals surface area contributed by atoms with Gasteiger partial charge in [0.15, 0.2) is 0 Å². The zero-order valence-electron chi connectivity index (χ0n) is 12.2. The third kappa shape index (κ3) is 16.0. The smallest absolute Gasteiger partial charge is 0.244 e. The molecule has 0 bridgehead atoms. The maximum Gasteiger partial charge on any atom is 0.244 e. The molecule has 1 atom stereocenters. The van der Waals surface area contributed by atoms with Gasteiger partial charge in [-0.05, 0) is 24.6 Å². The molecule has 0 aliphatic heterocycles. The van der Waals surface area contributed by atoms with Gasteiger partial charge in [0.05, 0.1) is 6.61 Å². The van der Waals surface area contributed by atoms with Gasteiger partial charge in [-0.3, -0.25) is 0 Å². The Labute approximate surface area is 144 Å². The Morgan fingerprint density at radius 3 is 2.11 bits per heavy atom. The van der Waals surface area contributed by atoms with E-state index in [2.05, 4.69) is 13.8 Å². The molecule has 2 nitrogen and oxygen atoms in total. The van der Waals surface area contributed by atoms with Crippen LogP contribution < -0.4 is 0 Å². The van der Waals surface area contributed by atoms with Gasteiger partial charge in [0, 0.05) is 35.3 Å². The van der Waals surface area contributed by atoms with Crippen molar-refractivity contribution in [1.82, 2.24) is 0 Å². The quantitative estimate of drug-likeness (QED) is 0.320. The molecule has 1 N–H and O–H groups in total. The first-order chi connectivity index (χ1) is 8.12. The van der Waals surface area contributed by atoms with E-state index < -0.39 is 5.69 Å². The van der Waals surface area contributed by atoms with Crippen LogP contribution in [0.4, 0.5) is 0 Å². The average Bonchev–Trinajstić information content (AvgIpc) is 2.28. The van der Waals surface area contributed by atoms with E-state index in [0.717, 1.165) is 18.6 Å². The number of hydrogen-bond acceptors (Lipinski definition) is 3. The van der Waals surface area contributed by atoms with Gasteiger partial charge in [-0.1, -0.05) is 63.8 Å². The average molecular weight is 321 g/mol. The second kappa shape index (κ2) is 15.3. The van der Waals surface area contributed by atoms with Crippen molar-refractivity contribution < 1.29 is 9.42 Å². The number of hydrogen-bond donors (Lipinski definition) is 1. The van der Waals surface area contributed by atoms with Gasteiger partial charge in [-0.25, -0.2) is 0 Å². The Bertz CT molecular complexity index is 200. The second-order valence-corrected chi connectivity index (χ2v) is 10.6. The summed E-state index contributed by atoms with van der Waals surface area (Å²) in [7, 11) is 0. The molecule has 0 aromatic rings. The topological polar surface area (TPSA) is 29.5 Å². The van der Waals surface area contributed by atoms with Crippen molar-refractivity contribution in [3.63, 3.8) is 0 Å². The molecule has 0 saturated carbocycles. The number of unbranched alkanes of at least 4 members (excludes halogenated alkanes) is 6. The summed E-state index contributed by atoms with van der Waals surface area (Å²) in [6.07, 6.45) is 9.53. The fourth-order valence-corrected chi connectivity index (χ4v) is 4.87. The van der Waals surface area contributed by atoms with E-state index in [-0.39, 0.29) is 29.6 Å². The minimum Gasteiger partial charge on any atom is -0.337 e. The van der Waals surface area contributed by atoms with Gasteiger partial charge >= 0.3 is 0 Å². The first-order valence-electron chi connectivity index (χ1n) is 6.74. The van der Waals surface area contributed by atoms with Gasteiger partial charge in [0.2, 0.25) is 5.69 Å². The standard InChI is InChI=1S/C12H27O2PS2.Na/c1-3-5-7-9-11-14-15(13,16)17-12-10-8-6-4-2;/h3-12H2,1-2H3,(H,13,16);. The molecule has 0 aliphatic rings. The van der Waals surface area contributed by atoms with Crippen LogP contribution in [0.15, 0.2) is 0 Å². The maximum atomic E-state index is 9.89. The van der Waals surface area contributed by atoms with Gasteiger partial charge in [0.25, 0.3) is 0 Å². The van der Waals surface area contributed by atoms with E-state index in [1.165, 1.54) is 49.9 Å². The molecule has 105 valence electrons. The molecule has 6 heteroatoms. The van der Waals surface area contributed by atoms with Crippen molar-refractivity contribution >= 4 is 58.4 Å². The molecule has 0 fully saturated rings. The van der Waals surface area contributed by atoms with Gasteiger partial charge in [-0.15, -0.1) is 0 Å². The van der Waals surface area contributed by atoms with E-state index in [0.29, 0.717) is 6.61 Å². The normalized spacial score (nSPS) is 13.9. The minimum atomic E-state index is -2.54. The molecule has 1 unspecified atom stereocenters.